The minimum atomic E-state index is -0.718. The van der Waals surface area contributed by atoms with Crippen LogP contribution in [0.25, 0.3) is 0 Å². The van der Waals surface area contributed by atoms with Gasteiger partial charge in [0.15, 0.2) is 5.78 Å². The molecule has 27 heavy (non-hydrogen) atoms. The molecule has 0 aromatic heterocycles. The third-order valence-corrected chi connectivity index (χ3v) is 4.26. The predicted molar refractivity (Wildman–Crippen MR) is 99.7 cm³/mol. The van der Waals surface area contributed by atoms with Crippen LogP contribution in [0.5, 0.6) is 0 Å². The van der Waals surface area contributed by atoms with Crippen LogP contribution >= 0.6 is 0 Å². The van der Waals surface area contributed by atoms with E-state index in [0.717, 1.165) is 18.2 Å². The van der Waals surface area contributed by atoms with Gasteiger partial charge in [0.25, 0.3) is 0 Å². The second kappa shape index (κ2) is 7.91. The number of halogens is 2. The van der Waals surface area contributed by atoms with Crippen LogP contribution in [0.2, 0.25) is 0 Å². The number of rotatable bonds is 5. The standard InChI is InChI=1S/C22H17F2NO2/c1-14(22(27)25-20-13-18(23)10-11-19(20)24)16-8-5-9-17(12-16)21(26)15-6-3-2-4-7-15/h2-14H,1H3,(H,25,27)/t14-/m1/s1. The molecule has 0 heterocycles. The fourth-order valence-electron chi connectivity index (χ4n) is 2.69. The summed E-state index contributed by atoms with van der Waals surface area (Å²) < 4.78 is 27.0. The van der Waals surface area contributed by atoms with Crippen LogP contribution in [0.3, 0.4) is 0 Å². The number of nitrogens with one attached hydrogen (secondary N) is 1. The molecule has 0 aliphatic heterocycles. The van der Waals surface area contributed by atoms with Crippen molar-refractivity contribution in [2.45, 2.75) is 12.8 Å². The molecule has 1 amide bonds. The molecule has 3 rings (SSSR count). The highest BCUT2D eigenvalue weighted by Crippen LogP contribution is 2.22. The SMILES string of the molecule is C[C@@H](C(=O)Nc1cc(F)ccc1F)c1cccc(C(=O)c2ccccc2)c1. The van der Waals surface area contributed by atoms with Gasteiger partial charge >= 0.3 is 0 Å². The molecular weight excluding hydrogens is 348 g/mol. The second-order valence-corrected chi connectivity index (χ2v) is 6.16. The van der Waals surface area contributed by atoms with Crippen molar-refractivity contribution in [1.29, 1.82) is 0 Å². The Morgan fingerprint density at radius 2 is 1.56 bits per heavy atom. The number of hydrogen-bond donors (Lipinski definition) is 1. The van der Waals surface area contributed by atoms with Gasteiger partial charge in [-0.3, -0.25) is 9.59 Å². The van der Waals surface area contributed by atoms with Gasteiger partial charge in [0.1, 0.15) is 11.6 Å². The lowest BCUT2D eigenvalue weighted by molar-refractivity contribution is -0.117. The first kappa shape index (κ1) is 18.5. The maximum atomic E-state index is 13.7. The molecule has 0 bridgehead atoms. The molecule has 1 atom stereocenters. The fourth-order valence-corrected chi connectivity index (χ4v) is 2.69. The third kappa shape index (κ3) is 4.26. The average molecular weight is 365 g/mol. The van der Waals surface area contributed by atoms with Gasteiger partial charge in [0.05, 0.1) is 11.6 Å². The minimum absolute atomic E-state index is 0.152. The van der Waals surface area contributed by atoms with E-state index in [4.69, 9.17) is 0 Å². The van der Waals surface area contributed by atoms with Crippen molar-refractivity contribution in [3.63, 3.8) is 0 Å². The molecule has 0 unspecified atom stereocenters. The molecule has 0 saturated heterocycles. The predicted octanol–water partition coefficient (Wildman–Crippen LogP) is 4.94. The van der Waals surface area contributed by atoms with Crippen LogP contribution in [0.1, 0.15) is 34.3 Å². The van der Waals surface area contributed by atoms with E-state index in [2.05, 4.69) is 5.32 Å². The Balaban J connectivity index is 1.80. The van der Waals surface area contributed by atoms with Gasteiger partial charge < -0.3 is 5.32 Å². The number of anilines is 1. The van der Waals surface area contributed by atoms with Crippen LogP contribution in [0, 0.1) is 11.6 Å². The highest BCUT2D eigenvalue weighted by Gasteiger charge is 2.19. The Kier molecular flexibility index (Phi) is 5.41. The highest BCUT2D eigenvalue weighted by molar-refractivity contribution is 6.09. The molecule has 0 aliphatic carbocycles. The summed E-state index contributed by atoms with van der Waals surface area (Å²) >= 11 is 0. The van der Waals surface area contributed by atoms with Gasteiger partial charge in [0.2, 0.25) is 5.91 Å². The Hall–Kier alpha value is -3.34. The van der Waals surface area contributed by atoms with Crippen LogP contribution in [-0.4, -0.2) is 11.7 Å². The van der Waals surface area contributed by atoms with Gasteiger partial charge in [-0.15, -0.1) is 0 Å². The maximum Gasteiger partial charge on any atom is 0.231 e. The van der Waals surface area contributed by atoms with Gasteiger partial charge in [-0.05, 0) is 30.7 Å². The monoisotopic (exact) mass is 365 g/mol. The Morgan fingerprint density at radius 1 is 0.852 bits per heavy atom. The topological polar surface area (TPSA) is 46.2 Å². The summed E-state index contributed by atoms with van der Waals surface area (Å²) in [6.07, 6.45) is 0. The first-order valence-electron chi connectivity index (χ1n) is 8.41. The van der Waals surface area contributed by atoms with E-state index in [1.165, 1.54) is 0 Å². The highest BCUT2D eigenvalue weighted by atomic mass is 19.1. The number of benzene rings is 3. The van der Waals surface area contributed by atoms with E-state index in [9.17, 15) is 18.4 Å². The largest absolute Gasteiger partial charge is 0.323 e. The normalized spacial score (nSPS) is 11.7. The molecule has 3 aromatic carbocycles. The maximum absolute atomic E-state index is 13.7. The van der Waals surface area contributed by atoms with Gasteiger partial charge in [-0.2, -0.15) is 0 Å². The fraction of sp³-hybridized carbons (Fsp3) is 0.0909. The summed E-state index contributed by atoms with van der Waals surface area (Å²) in [4.78, 5) is 25.0. The van der Waals surface area contributed by atoms with E-state index >= 15 is 0 Å². The van der Waals surface area contributed by atoms with E-state index in [1.807, 2.05) is 6.07 Å². The summed E-state index contributed by atoms with van der Waals surface area (Å²) in [5.74, 6) is -2.67. The molecule has 0 fully saturated rings. The second-order valence-electron chi connectivity index (χ2n) is 6.16. The van der Waals surface area contributed by atoms with Gasteiger partial charge in [-0.25, -0.2) is 8.78 Å². The smallest absolute Gasteiger partial charge is 0.231 e. The van der Waals surface area contributed by atoms with Crippen molar-refractivity contribution < 1.29 is 18.4 Å². The van der Waals surface area contributed by atoms with Crippen molar-refractivity contribution in [2.75, 3.05) is 5.32 Å². The van der Waals surface area contributed by atoms with Gasteiger partial charge in [-0.1, -0.05) is 48.5 Å². The molecule has 0 radical (unpaired) electrons. The molecule has 1 N–H and O–H groups in total. The average Bonchev–Trinajstić information content (AvgIpc) is 2.70. The van der Waals surface area contributed by atoms with Crippen LogP contribution < -0.4 is 5.32 Å². The van der Waals surface area contributed by atoms with Crippen LogP contribution in [-0.2, 0) is 4.79 Å². The Morgan fingerprint density at radius 3 is 2.30 bits per heavy atom. The van der Waals surface area contributed by atoms with E-state index in [1.54, 1.807) is 55.5 Å². The van der Waals surface area contributed by atoms with Crippen molar-refractivity contribution in [3.05, 3.63) is 101 Å². The van der Waals surface area contributed by atoms with Crippen LogP contribution in [0.4, 0.5) is 14.5 Å². The summed E-state index contributed by atoms with van der Waals surface area (Å²) in [5, 5.41) is 2.39. The number of ketones is 1. The summed E-state index contributed by atoms with van der Waals surface area (Å²) in [6, 6.07) is 18.4. The molecule has 136 valence electrons. The summed E-state index contributed by atoms with van der Waals surface area (Å²) in [7, 11) is 0. The number of hydrogen-bond acceptors (Lipinski definition) is 2. The summed E-state index contributed by atoms with van der Waals surface area (Å²) in [5.41, 5.74) is 1.39. The zero-order chi connectivity index (χ0) is 19.4. The lowest BCUT2D eigenvalue weighted by atomic mass is 9.95. The van der Waals surface area contributed by atoms with Crippen molar-refractivity contribution in [1.82, 2.24) is 0 Å². The molecule has 5 heteroatoms. The number of carbonyl (C=O) groups excluding carboxylic acids is 2. The quantitative estimate of drug-likeness (QED) is 0.651. The van der Waals surface area contributed by atoms with Crippen LogP contribution in [0.15, 0.2) is 72.8 Å². The molecule has 0 saturated carbocycles. The Labute approximate surface area is 155 Å². The molecule has 0 spiro atoms. The van der Waals surface area contributed by atoms with Crippen molar-refractivity contribution in [2.24, 2.45) is 0 Å². The lowest BCUT2D eigenvalue weighted by Crippen LogP contribution is -2.20. The minimum Gasteiger partial charge on any atom is -0.323 e. The number of amides is 1. The Bertz CT molecular complexity index is 987. The van der Waals surface area contributed by atoms with E-state index in [-0.39, 0.29) is 11.5 Å². The van der Waals surface area contributed by atoms with E-state index in [0.29, 0.717) is 16.7 Å². The molecular formula is C22H17F2NO2. The zero-order valence-electron chi connectivity index (χ0n) is 14.6. The van der Waals surface area contributed by atoms with Crippen molar-refractivity contribution >= 4 is 17.4 Å². The third-order valence-electron chi connectivity index (χ3n) is 4.26. The molecule has 3 nitrogen and oxygen atoms in total. The summed E-state index contributed by atoms with van der Waals surface area (Å²) in [6.45, 7) is 1.64. The van der Waals surface area contributed by atoms with Gasteiger partial charge in [0, 0.05) is 17.2 Å². The van der Waals surface area contributed by atoms with Crippen molar-refractivity contribution in [3.8, 4) is 0 Å². The first-order valence-corrected chi connectivity index (χ1v) is 8.41. The first-order chi connectivity index (χ1) is 13.0. The molecule has 0 aliphatic rings. The lowest BCUT2D eigenvalue weighted by Gasteiger charge is -2.14. The van der Waals surface area contributed by atoms with E-state index < -0.39 is 23.5 Å². The zero-order valence-corrected chi connectivity index (χ0v) is 14.6. The molecule has 3 aromatic rings. The number of carbonyl (C=O) groups is 2.